The van der Waals surface area contributed by atoms with Crippen LogP contribution in [0.25, 0.3) is 0 Å². The van der Waals surface area contributed by atoms with Crippen LogP contribution >= 0.6 is 0 Å². The van der Waals surface area contributed by atoms with Crippen LogP contribution < -0.4 is 0 Å². The molecule has 0 amide bonds. The lowest BCUT2D eigenvalue weighted by Crippen LogP contribution is -2.46. The minimum atomic E-state index is -1.06. The van der Waals surface area contributed by atoms with Crippen molar-refractivity contribution in [2.45, 2.75) is 51.6 Å². The first-order valence-electron chi connectivity index (χ1n) is 6.48. The SMILES string of the molecule is CC(C)CC1CCCC(OCCO)(C(=O)O)C1. The number of carboxylic acid groups (broad SMARTS) is 1. The standard InChI is InChI=1S/C13H24O4/c1-10(2)8-11-4-3-5-13(9-11,12(15)16)17-7-6-14/h10-11,14H,3-9H2,1-2H3,(H,15,16). The molecule has 0 bridgehead atoms. The first-order valence-corrected chi connectivity index (χ1v) is 6.48. The maximum absolute atomic E-state index is 11.4. The van der Waals surface area contributed by atoms with E-state index in [1.54, 1.807) is 0 Å². The number of carboxylic acids is 1. The summed E-state index contributed by atoms with van der Waals surface area (Å²) in [6, 6.07) is 0. The summed E-state index contributed by atoms with van der Waals surface area (Å²) in [6.07, 6.45) is 4.19. The van der Waals surface area contributed by atoms with Gasteiger partial charge in [-0.1, -0.05) is 20.3 Å². The van der Waals surface area contributed by atoms with E-state index in [-0.39, 0.29) is 13.2 Å². The molecule has 0 aliphatic heterocycles. The van der Waals surface area contributed by atoms with E-state index in [9.17, 15) is 9.90 Å². The Balaban J connectivity index is 2.66. The summed E-state index contributed by atoms with van der Waals surface area (Å²) in [5, 5.41) is 18.1. The molecule has 0 aromatic carbocycles. The molecule has 2 unspecified atom stereocenters. The average Bonchev–Trinajstić information content (AvgIpc) is 2.25. The Bertz CT molecular complexity index is 252. The molecule has 1 rings (SSSR count). The molecule has 4 nitrogen and oxygen atoms in total. The number of hydrogen-bond acceptors (Lipinski definition) is 3. The maximum atomic E-state index is 11.4. The van der Waals surface area contributed by atoms with Gasteiger partial charge >= 0.3 is 5.97 Å². The van der Waals surface area contributed by atoms with Gasteiger partial charge in [0, 0.05) is 0 Å². The summed E-state index contributed by atoms with van der Waals surface area (Å²) in [5.41, 5.74) is -1.06. The lowest BCUT2D eigenvalue weighted by molar-refractivity contribution is -0.175. The summed E-state index contributed by atoms with van der Waals surface area (Å²) >= 11 is 0. The molecule has 1 aliphatic rings. The molecule has 4 heteroatoms. The number of aliphatic hydroxyl groups is 1. The first kappa shape index (κ1) is 14.5. The zero-order chi connectivity index (χ0) is 12.9. The Hall–Kier alpha value is -0.610. The minimum absolute atomic E-state index is 0.112. The lowest BCUT2D eigenvalue weighted by Gasteiger charge is -2.38. The predicted octanol–water partition coefficient (Wildman–Crippen LogP) is 2.05. The third-order valence-corrected chi connectivity index (χ3v) is 3.48. The average molecular weight is 244 g/mol. The maximum Gasteiger partial charge on any atom is 0.335 e. The fourth-order valence-electron chi connectivity index (χ4n) is 2.84. The third kappa shape index (κ3) is 3.96. The van der Waals surface area contributed by atoms with Gasteiger partial charge in [0.05, 0.1) is 13.2 Å². The summed E-state index contributed by atoms with van der Waals surface area (Å²) in [5.74, 6) is 0.139. The topological polar surface area (TPSA) is 66.8 Å². The summed E-state index contributed by atoms with van der Waals surface area (Å²) in [6.45, 7) is 4.31. The van der Waals surface area contributed by atoms with Gasteiger partial charge < -0.3 is 14.9 Å². The monoisotopic (exact) mass is 244 g/mol. The van der Waals surface area contributed by atoms with Crippen LogP contribution in [-0.2, 0) is 9.53 Å². The molecule has 2 N–H and O–H groups in total. The van der Waals surface area contributed by atoms with Crippen molar-refractivity contribution in [2.24, 2.45) is 11.8 Å². The minimum Gasteiger partial charge on any atom is -0.479 e. The van der Waals surface area contributed by atoms with Gasteiger partial charge in [-0.25, -0.2) is 4.79 Å². The molecule has 1 saturated carbocycles. The van der Waals surface area contributed by atoms with E-state index in [2.05, 4.69) is 13.8 Å². The van der Waals surface area contributed by atoms with Crippen LogP contribution in [-0.4, -0.2) is 35.0 Å². The van der Waals surface area contributed by atoms with E-state index in [1.807, 2.05) is 0 Å². The molecule has 0 aromatic rings. The van der Waals surface area contributed by atoms with Crippen molar-refractivity contribution in [2.75, 3.05) is 13.2 Å². The largest absolute Gasteiger partial charge is 0.479 e. The van der Waals surface area contributed by atoms with E-state index in [0.29, 0.717) is 24.7 Å². The lowest BCUT2D eigenvalue weighted by atomic mass is 9.75. The molecule has 0 saturated heterocycles. The fourth-order valence-corrected chi connectivity index (χ4v) is 2.84. The second kappa shape index (κ2) is 6.36. The summed E-state index contributed by atoms with van der Waals surface area (Å²) in [7, 11) is 0. The molecule has 17 heavy (non-hydrogen) atoms. The quantitative estimate of drug-likeness (QED) is 0.750. The molecule has 0 radical (unpaired) electrons. The number of aliphatic hydroxyl groups excluding tert-OH is 1. The Kier molecular flexibility index (Phi) is 5.40. The van der Waals surface area contributed by atoms with Crippen molar-refractivity contribution in [3.63, 3.8) is 0 Å². The fraction of sp³-hybridized carbons (Fsp3) is 0.923. The zero-order valence-corrected chi connectivity index (χ0v) is 10.8. The highest BCUT2D eigenvalue weighted by Gasteiger charge is 2.43. The van der Waals surface area contributed by atoms with Gasteiger partial charge in [-0.2, -0.15) is 0 Å². The molecule has 1 fully saturated rings. The smallest absolute Gasteiger partial charge is 0.335 e. The molecule has 2 atom stereocenters. The Morgan fingerprint density at radius 2 is 2.24 bits per heavy atom. The second-order valence-corrected chi connectivity index (χ2v) is 5.46. The van der Waals surface area contributed by atoms with Gasteiger partial charge in [0.25, 0.3) is 0 Å². The highest BCUT2D eigenvalue weighted by atomic mass is 16.5. The Labute approximate surface area is 103 Å². The third-order valence-electron chi connectivity index (χ3n) is 3.48. The van der Waals surface area contributed by atoms with Crippen LogP contribution in [0.15, 0.2) is 0 Å². The highest BCUT2D eigenvalue weighted by molar-refractivity contribution is 5.77. The molecular formula is C13H24O4. The van der Waals surface area contributed by atoms with Crippen LogP contribution in [0.4, 0.5) is 0 Å². The molecule has 0 aromatic heterocycles. The van der Waals surface area contributed by atoms with Crippen LogP contribution in [0.2, 0.25) is 0 Å². The van der Waals surface area contributed by atoms with E-state index in [0.717, 1.165) is 19.3 Å². The van der Waals surface area contributed by atoms with E-state index in [4.69, 9.17) is 9.84 Å². The summed E-state index contributed by atoms with van der Waals surface area (Å²) < 4.78 is 5.44. The number of hydrogen-bond donors (Lipinski definition) is 2. The van der Waals surface area contributed by atoms with E-state index in [1.165, 1.54) is 0 Å². The molecule has 100 valence electrons. The first-order chi connectivity index (χ1) is 8.00. The van der Waals surface area contributed by atoms with Crippen molar-refractivity contribution in [1.82, 2.24) is 0 Å². The summed E-state index contributed by atoms with van der Waals surface area (Å²) in [4.78, 5) is 11.4. The normalized spacial score (nSPS) is 29.5. The predicted molar refractivity (Wildman–Crippen MR) is 64.8 cm³/mol. The van der Waals surface area contributed by atoms with Gasteiger partial charge in [-0.05, 0) is 37.5 Å². The molecule has 0 spiro atoms. The van der Waals surface area contributed by atoms with Crippen LogP contribution in [0.1, 0.15) is 46.0 Å². The molecular weight excluding hydrogens is 220 g/mol. The van der Waals surface area contributed by atoms with Crippen molar-refractivity contribution in [3.8, 4) is 0 Å². The van der Waals surface area contributed by atoms with Gasteiger partial charge in [0.1, 0.15) is 0 Å². The van der Waals surface area contributed by atoms with Gasteiger partial charge in [-0.3, -0.25) is 0 Å². The van der Waals surface area contributed by atoms with E-state index >= 15 is 0 Å². The Morgan fingerprint density at radius 3 is 2.76 bits per heavy atom. The highest BCUT2D eigenvalue weighted by Crippen LogP contribution is 2.38. The van der Waals surface area contributed by atoms with Gasteiger partial charge in [0.15, 0.2) is 5.60 Å². The number of aliphatic carboxylic acids is 1. The zero-order valence-electron chi connectivity index (χ0n) is 10.8. The number of carbonyl (C=O) groups is 1. The number of ether oxygens (including phenoxy) is 1. The molecule has 0 heterocycles. The molecule has 1 aliphatic carbocycles. The van der Waals surface area contributed by atoms with Crippen LogP contribution in [0, 0.1) is 11.8 Å². The van der Waals surface area contributed by atoms with Gasteiger partial charge in [0.2, 0.25) is 0 Å². The number of rotatable bonds is 6. The van der Waals surface area contributed by atoms with Crippen LogP contribution in [0.3, 0.4) is 0 Å². The van der Waals surface area contributed by atoms with Crippen molar-refractivity contribution < 1.29 is 19.7 Å². The van der Waals surface area contributed by atoms with Crippen molar-refractivity contribution >= 4 is 5.97 Å². The van der Waals surface area contributed by atoms with Crippen molar-refractivity contribution in [1.29, 1.82) is 0 Å². The van der Waals surface area contributed by atoms with E-state index < -0.39 is 11.6 Å². The Morgan fingerprint density at radius 1 is 1.53 bits per heavy atom. The van der Waals surface area contributed by atoms with Crippen molar-refractivity contribution in [3.05, 3.63) is 0 Å². The van der Waals surface area contributed by atoms with Gasteiger partial charge in [-0.15, -0.1) is 0 Å². The second-order valence-electron chi connectivity index (χ2n) is 5.46. The van der Waals surface area contributed by atoms with Crippen LogP contribution in [0.5, 0.6) is 0 Å².